The first kappa shape index (κ1) is 15.7. The van der Waals surface area contributed by atoms with E-state index in [4.69, 9.17) is 33.7 Å². The summed E-state index contributed by atoms with van der Waals surface area (Å²) in [6.07, 6.45) is 0.889. The van der Waals surface area contributed by atoms with E-state index in [-0.39, 0.29) is 10.0 Å². The van der Waals surface area contributed by atoms with Gasteiger partial charge in [-0.2, -0.15) is 0 Å². The molecule has 0 bridgehead atoms. The summed E-state index contributed by atoms with van der Waals surface area (Å²) >= 11 is 11.5. The predicted molar refractivity (Wildman–Crippen MR) is 86.3 cm³/mol. The van der Waals surface area contributed by atoms with E-state index in [1.807, 2.05) is 6.92 Å². The van der Waals surface area contributed by atoms with Crippen LogP contribution in [0.25, 0.3) is 0 Å². The minimum atomic E-state index is -0.631. The fourth-order valence-electron chi connectivity index (χ4n) is 1.74. The van der Waals surface area contributed by atoms with Crippen molar-refractivity contribution in [2.45, 2.75) is 13.3 Å². The molecule has 112 valence electrons. The molecular weight excluding hydrogens is 314 g/mol. The Bertz CT molecular complexity index is 627. The molecule has 0 amide bonds. The highest BCUT2D eigenvalue weighted by molar-refractivity contribution is 6.35. The molecule has 3 nitrogen and oxygen atoms in total. The average molecular weight is 329 g/mol. The van der Waals surface area contributed by atoms with Crippen LogP contribution in [0.1, 0.15) is 13.3 Å². The van der Waals surface area contributed by atoms with Gasteiger partial charge in [0.05, 0.1) is 22.3 Å². The highest BCUT2D eigenvalue weighted by Gasteiger charge is 2.08. The third-order valence-electron chi connectivity index (χ3n) is 2.75. The van der Waals surface area contributed by atoms with Crippen LogP contribution in [0.15, 0.2) is 30.3 Å². The molecule has 6 heteroatoms. The predicted octanol–water partition coefficient (Wildman–Crippen LogP) is 5.25. The first-order valence-corrected chi connectivity index (χ1v) is 7.20. The molecule has 3 N–H and O–H groups in total. The number of ether oxygens (including phenoxy) is 1. The lowest BCUT2D eigenvalue weighted by Crippen LogP contribution is -2.00. The summed E-state index contributed by atoms with van der Waals surface area (Å²) in [4.78, 5) is 0. The maximum absolute atomic E-state index is 13.4. The van der Waals surface area contributed by atoms with E-state index >= 15 is 0 Å². The smallest absolute Gasteiger partial charge is 0.160 e. The van der Waals surface area contributed by atoms with E-state index in [1.165, 1.54) is 12.1 Å². The number of benzene rings is 2. The number of nitrogens with one attached hydrogen (secondary N) is 1. The summed E-state index contributed by atoms with van der Waals surface area (Å²) < 4.78 is 18.9. The summed E-state index contributed by atoms with van der Waals surface area (Å²) in [7, 11) is 0. The second kappa shape index (κ2) is 6.87. The van der Waals surface area contributed by atoms with E-state index in [1.54, 1.807) is 18.2 Å². The summed E-state index contributed by atoms with van der Waals surface area (Å²) in [5, 5.41) is 3.01. The number of hydrogen-bond donors (Lipinski definition) is 2. The fourth-order valence-corrected chi connectivity index (χ4v) is 2.23. The van der Waals surface area contributed by atoms with Crippen molar-refractivity contribution in [1.29, 1.82) is 0 Å². The minimum Gasteiger partial charge on any atom is -0.491 e. The fraction of sp³-hybridized carbons (Fsp3) is 0.200. The van der Waals surface area contributed by atoms with Crippen molar-refractivity contribution in [1.82, 2.24) is 0 Å². The van der Waals surface area contributed by atoms with E-state index in [2.05, 4.69) is 5.32 Å². The summed E-state index contributed by atoms with van der Waals surface area (Å²) in [6, 6.07) is 8.23. The van der Waals surface area contributed by atoms with E-state index in [0.29, 0.717) is 23.7 Å². The summed E-state index contributed by atoms with van der Waals surface area (Å²) in [5.41, 5.74) is 7.73. The van der Waals surface area contributed by atoms with Crippen molar-refractivity contribution in [2.24, 2.45) is 0 Å². The second-order valence-corrected chi connectivity index (χ2v) is 5.29. The largest absolute Gasteiger partial charge is 0.491 e. The Kier molecular flexibility index (Phi) is 5.15. The quantitative estimate of drug-likeness (QED) is 0.582. The number of nitrogen functional groups attached to an aromatic ring is 1. The van der Waals surface area contributed by atoms with Crippen LogP contribution in [0.3, 0.4) is 0 Å². The molecule has 0 fully saturated rings. The zero-order chi connectivity index (χ0) is 15.4. The molecule has 0 aromatic heterocycles. The molecule has 0 aliphatic rings. The molecule has 0 heterocycles. The first-order valence-electron chi connectivity index (χ1n) is 6.45. The Morgan fingerprint density at radius 1 is 1.14 bits per heavy atom. The third-order valence-corrected chi connectivity index (χ3v) is 3.30. The van der Waals surface area contributed by atoms with E-state index < -0.39 is 5.82 Å². The number of hydrogen-bond acceptors (Lipinski definition) is 3. The standard InChI is InChI=1S/C15H15Cl2FN2O/c1-2-5-21-14-8-9(3-4-13(14)19)20-10-6-11(16)15(18)12(17)7-10/h3-4,6-8,20H,2,5,19H2,1H3. The van der Waals surface area contributed by atoms with Crippen LogP contribution in [-0.2, 0) is 0 Å². The number of rotatable bonds is 5. The lowest BCUT2D eigenvalue weighted by atomic mass is 10.2. The van der Waals surface area contributed by atoms with Crippen molar-refractivity contribution in [2.75, 3.05) is 17.7 Å². The van der Waals surface area contributed by atoms with Gasteiger partial charge < -0.3 is 15.8 Å². The van der Waals surface area contributed by atoms with Crippen molar-refractivity contribution >= 4 is 40.3 Å². The van der Waals surface area contributed by atoms with Crippen LogP contribution < -0.4 is 15.8 Å². The molecule has 0 atom stereocenters. The summed E-state index contributed by atoms with van der Waals surface area (Å²) in [5.74, 6) is -0.0330. The zero-order valence-electron chi connectivity index (χ0n) is 11.4. The van der Waals surface area contributed by atoms with Crippen LogP contribution >= 0.6 is 23.2 Å². The van der Waals surface area contributed by atoms with Gasteiger partial charge in [0.1, 0.15) is 5.75 Å². The molecule has 2 aromatic rings. The van der Waals surface area contributed by atoms with Gasteiger partial charge in [-0.25, -0.2) is 4.39 Å². The van der Waals surface area contributed by atoms with Crippen LogP contribution in [-0.4, -0.2) is 6.61 Å². The maximum Gasteiger partial charge on any atom is 0.160 e. The molecule has 0 unspecified atom stereocenters. The molecule has 0 saturated heterocycles. The van der Waals surface area contributed by atoms with Gasteiger partial charge in [-0.3, -0.25) is 0 Å². The Morgan fingerprint density at radius 2 is 1.81 bits per heavy atom. The van der Waals surface area contributed by atoms with Gasteiger partial charge in [-0.1, -0.05) is 30.1 Å². The highest BCUT2D eigenvalue weighted by Crippen LogP contribution is 2.31. The maximum atomic E-state index is 13.4. The molecule has 0 radical (unpaired) electrons. The van der Waals surface area contributed by atoms with Crippen LogP contribution in [0.5, 0.6) is 5.75 Å². The van der Waals surface area contributed by atoms with Crippen molar-refractivity contribution in [3.63, 3.8) is 0 Å². The van der Waals surface area contributed by atoms with Gasteiger partial charge >= 0.3 is 0 Å². The Labute approximate surface area is 132 Å². The Balaban J connectivity index is 2.23. The van der Waals surface area contributed by atoms with Gasteiger partial charge in [-0.05, 0) is 30.7 Å². The number of anilines is 3. The minimum absolute atomic E-state index is 0.0390. The number of nitrogens with two attached hydrogens (primary N) is 1. The van der Waals surface area contributed by atoms with Crippen molar-refractivity contribution in [3.05, 3.63) is 46.2 Å². The zero-order valence-corrected chi connectivity index (χ0v) is 12.9. The molecular formula is C15H15Cl2FN2O. The van der Waals surface area contributed by atoms with Gasteiger partial charge in [-0.15, -0.1) is 0 Å². The van der Waals surface area contributed by atoms with Gasteiger partial charge in [0.2, 0.25) is 0 Å². The SMILES string of the molecule is CCCOc1cc(Nc2cc(Cl)c(F)c(Cl)c2)ccc1N. The molecule has 21 heavy (non-hydrogen) atoms. The topological polar surface area (TPSA) is 47.3 Å². The molecule has 0 aliphatic carbocycles. The molecule has 0 aliphatic heterocycles. The number of halogens is 3. The third kappa shape index (κ3) is 3.93. The second-order valence-electron chi connectivity index (χ2n) is 4.48. The average Bonchev–Trinajstić information content (AvgIpc) is 2.45. The Hall–Kier alpha value is -1.65. The van der Waals surface area contributed by atoms with Gasteiger partial charge in [0, 0.05) is 17.4 Å². The van der Waals surface area contributed by atoms with Crippen molar-refractivity contribution < 1.29 is 9.13 Å². The van der Waals surface area contributed by atoms with Gasteiger partial charge in [0.15, 0.2) is 5.82 Å². The van der Waals surface area contributed by atoms with Crippen LogP contribution in [0, 0.1) is 5.82 Å². The lowest BCUT2D eigenvalue weighted by Gasteiger charge is -2.12. The normalized spacial score (nSPS) is 10.5. The van der Waals surface area contributed by atoms with Crippen LogP contribution in [0.4, 0.5) is 21.5 Å². The Morgan fingerprint density at radius 3 is 2.43 bits per heavy atom. The molecule has 2 aromatic carbocycles. The monoisotopic (exact) mass is 328 g/mol. The van der Waals surface area contributed by atoms with Gasteiger partial charge in [0.25, 0.3) is 0 Å². The molecule has 0 spiro atoms. The van der Waals surface area contributed by atoms with Crippen molar-refractivity contribution in [3.8, 4) is 5.75 Å². The van der Waals surface area contributed by atoms with E-state index in [0.717, 1.165) is 12.1 Å². The molecule has 0 saturated carbocycles. The summed E-state index contributed by atoms with van der Waals surface area (Å²) in [6.45, 7) is 2.60. The molecule has 2 rings (SSSR count). The lowest BCUT2D eigenvalue weighted by molar-refractivity contribution is 0.319. The van der Waals surface area contributed by atoms with Crippen LogP contribution in [0.2, 0.25) is 10.0 Å². The van der Waals surface area contributed by atoms with E-state index in [9.17, 15) is 4.39 Å². The highest BCUT2D eigenvalue weighted by atomic mass is 35.5. The first-order chi connectivity index (χ1) is 10.0.